The fraction of sp³-hybridized carbons (Fsp3) is 0.333. The third kappa shape index (κ3) is 3.49. The van der Waals surface area contributed by atoms with Gasteiger partial charge >= 0.3 is 10.4 Å². The summed E-state index contributed by atoms with van der Waals surface area (Å²) in [5.74, 6) is 0. The number of benzene rings is 1. The van der Waals surface area contributed by atoms with E-state index in [9.17, 15) is 8.42 Å². The van der Waals surface area contributed by atoms with E-state index >= 15 is 0 Å². The minimum atomic E-state index is -3.89. The molecule has 0 unspecified atom stereocenters. The lowest BCUT2D eigenvalue weighted by molar-refractivity contribution is 0.341. The fourth-order valence-corrected chi connectivity index (χ4v) is 4.04. The SMILES string of the molecule is COS(=O)(=O)OS(C)(C)c1ccccc1. The van der Waals surface area contributed by atoms with Crippen molar-refractivity contribution in [2.45, 2.75) is 4.90 Å². The Morgan fingerprint density at radius 2 is 1.60 bits per heavy atom. The first kappa shape index (κ1) is 12.5. The smallest absolute Gasteiger partial charge is 0.251 e. The monoisotopic (exact) mass is 250 g/mol. The maximum absolute atomic E-state index is 11.2. The molecule has 0 saturated carbocycles. The highest BCUT2D eigenvalue weighted by Gasteiger charge is 2.23. The summed E-state index contributed by atoms with van der Waals surface area (Å²) in [6.45, 7) is 0. The van der Waals surface area contributed by atoms with E-state index in [1.807, 2.05) is 30.3 Å². The molecule has 0 bridgehead atoms. The lowest BCUT2D eigenvalue weighted by Crippen LogP contribution is -2.11. The summed E-state index contributed by atoms with van der Waals surface area (Å²) in [6, 6.07) is 9.21. The van der Waals surface area contributed by atoms with Gasteiger partial charge in [-0.1, -0.05) is 28.5 Å². The summed E-state index contributed by atoms with van der Waals surface area (Å²) >= 11 is 0. The zero-order valence-electron chi connectivity index (χ0n) is 8.84. The van der Waals surface area contributed by atoms with Crippen LogP contribution in [0.5, 0.6) is 0 Å². The average molecular weight is 250 g/mol. The average Bonchev–Trinajstić information content (AvgIpc) is 2.18. The van der Waals surface area contributed by atoms with Crippen LogP contribution in [0.25, 0.3) is 0 Å². The molecule has 0 aromatic heterocycles. The van der Waals surface area contributed by atoms with Crippen LogP contribution >= 0.6 is 10.3 Å². The molecular formula is C9H14O4S2. The number of hydrogen-bond acceptors (Lipinski definition) is 4. The van der Waals surface area contributed by atoms with Crippen molar-refractivity contribution in [1.29, 1.82) is 0 Å². The molecule has 15 heavy (non-hydrogen) atoms. The van der Waals surface area contributed by atoms with E-state index in [0.29, 0.717) is 0 Å². The summed E-state index contributed by atoms with van der Waals surface area (Å²) < 4.78 is 31.6. The van der Waals surface area contributed by atoms with Gasteiger partial charge in [-0.3, -0.25) is 4.18 Å². The fourth-order valence-electron chi connectivity index (χ4n) is 1.02. The van der Waals surface area contributed by atoms with E-state index in [2.05, 4.69) is 4.18 Å². The molecule has 1 rings (SSSR count). The first-order valence-electron chi connectivity index (χ1n) is 4.17. The van der Waals surface area contributed by atoms with Crippen LogP contribution in [-0.4, -0.2) is 28.0 Å². The van der Waals surface area contributed by atoms with Gasteiger partial charge in [0.05, 0.1) is 7.11 Å². The lowest BCUT2D eigenvalue weighted by atomic mass is 10.4. The molecule has 0 fully saturated rings. The van der Waals surface area contributed by atoms with Gasteiger partial charge in [-0.2, -0.15) is 12.0 Å². The highest BCUT2D eigenvalue weighted by Crippen LogP contribution is 2.51. The van der Waals surface area contributed by atoms with Gasteiger partial charge in [-0.05, 0) is 24.6 Å². The Balaban J connectivity index is 2.95. The van der Waals surface area contributed by atoms with Crippen LogP contribution in [0.2, 0.25) is 0 Å². The Labute approximate surface area is 92.1 Å². The summed E-state index contributed by atoms with van der Waals surface area (Å²) in [7, 11) is -4.65. The van der Waals surface area contributed by atoms with Gasteiger partial charge in [0.1, 0.15) is 0 Å². The molecule has 0 heterocycles. The van der Waals surface area contributed by atoms with E-state index in [1.54, 1.807) is 12.5 Å². The van der Waals surface area contributed by atoms with Gasteiger partial charge in [0.2, 0.25) is 0 Å². The topological polar surface area (TPSA) is 52.6 Å². The Hall–Kier alpha value is -0.560. The van der Waals surface area contributed by atoms with Crippen molar-refractivity contribution in [2.75, 3.05) is 19.6 Å². The largest absolute Gasteiger partial charge is 0.409 e. The maximum Gasteiger partial charge on any atom is 0.409 e. The third-order valence-electron chi connectivity index (χ3n) is 1.77. The Bertz CT molecular complexity index is 411. The molecule has 6 heteroatoms. The van der Waals surface area contributed by atoms with E-state index in [1.165, 1.54) is 0 Å². The lowest BCUT2D eigenvalue weighted by Gasteiger charge is -2.29. The van der Waals surface area contributed by atoms with Crippen molar-refractivity contribution < 1.29 is 16.2 Å². The van der Waals surface area contributed by atoms with Crippen LogP contribution in [-0.2, 0) is 18.2 Å². The predicted molar refractivity (Wildman–Crippen MR) is 61.2 cm³/mol. The normalized spacial score (nSPS) is 13.8. The van der Waals surface area contributed by atoms with Crippen LogP contribution in [0.4, 0.5) is 0 Å². The second-order valence-electron chi connectivity index (χ2n) is 3.19. The standard InChI is InChI=1S/C9H14O4S2/c1-12-15(10,11)13-14(2,3)9-7-5-4-6-8-9/h4-8H,1-3H3. The quantitative estimate of drug-likeness (QED) is 0.819. The number of rotatable bonds is 4. The highest BCUT2D eigenvalue weighted by molar-refractivity contribution is 8.31. The van der Waals surface area contributed by atoms with Crippen LogP contribution in [0.1, 0.15) is 0 Å². The van der Waals surface area contributed by atoms with Gasteiger partial charge in [-0.25, -0.2) is 0 Å². The second-order valence-corrected chi connectivity index (χ2v) is 7.82. The minimum Gasteiger partial charge on any atom is -0.251 e. The van der Waals surface area contributed by atoms with Gasteiger partial charge < -0.3 is 0 Å². The van der Waals surface area contributed by atoms with Gasteiger partial charge in [-0.15, -0.1) is 0 Å². The van der Waals surface area contributed by atoms with Crippen LogP contribution in [0, 0.1) is 0 Å². The zero-order chi connectivity index (χ0) is 11.5. The first-order valence-corrected chi connectivity index (χ1v) is 7.88. The summed E-state index contributed by atoms with van der Waals surface area (Å²) in [5, 5.41) is 0. The van der Waals surface area contributed by atoms with Crippen molar-refractivity contribution in [2.24, 2.45) is 0 Å². The Kier molecular flexibility index (Phi) is 3.77. The molecule has 0 N–H and O–H groups in total. The molecule has 0 aliphatic carbocycles. The molecular weight excluding hydrogens is 236 g/mol. The zero-order valence-corrected chi connectivity index (χ0v) is 10.5. The highest BCUT2D eigenvalue weighted by atomic mass is 32.3. The molecule has 1 aromatic carbocycles. The minimum absolute atomic E-state index is 0.852. The van der Waals surface area contributed by atoms with Crippen molar-refractivity contribution >= 4 is 20.7 Å². The molecule has 4 nitrogen and oxygen atoms in total. The Morgan fingerprint density at radius 3 is 2.07 bits per heavy atom. The van der Waals surface area contributed by atoms with Crippen LogP contribution in [0.15, 0.2) is 35.2 Å². The van der Waals surface area contributed by atoms with Crippen molar-refractivity contribution in [3.63, 3.8) is 0 Å². The van der Waals surface area contributed by atoms with Crippen LogP contribution < -0.4 is 0 Å². The van der Waals surface area contributed by atoms with Gasteiger partial charge in [0, 0.05) is 4.90 Å². The molecule has 0 radical (unpaired) electrons. The maximum atomic E-state index is 11.2. The predicted octanol–water partition coefficient (Wildman–Crippen LogP) is 1.93. The van der Waals surface area contributed by atoms with E-state index in [-0.39, 0.29) is 0 Å². The molecule has 0 aliphatic heterocycles. The molecule has 0 aliphatic rings. The molecule has 0 atom stereocenters. The first-order chi connectivity index (χ1) is 6.87. The van der Waals surface area contributed by atoms with E-state index < -0.39 is 20.7 Å². The van der Waals surface area contributed by atoms with Crippen molar-refractivity contribution in [1.82, 2.24) is 0 Å². The Morgan fingerprint density at radius 1 is 1.07 bits per heavy atom. The van der Waals surface area contributed by atoms with Gasteiger partial charge in [0.15, 0.2) is 0 Å². The molecule has 0 saturated heterocycles. The molecule has 1 aromatic rings. The number of hydrogen-bond donors (Lipinski definition) is 0. The summed E-state index contributed by atoms with van der Waals surface area (Å²) in [5.41, 5.74) is 0. The van der Waals surface area contributed by atoms with Crippen molar-refractivity contribution in [3.05, 3.63) is 30.3 Å². The molecule has 0 spiro atoms. The van der Waals surface area contributed by atoms with E-state index in [4.69, 9.17) is 3.63 Å². The van der Waals surface area contributed by atoms with Gasteiger partial charge in [0.25, 0.3) is 0 Å². The summed E-state index contributed by atoms with van der Waals surface area (Å²) in [6.07, 6.45) is 3.50. The van der Waals surface area contributed by atoms with Crippen LogP contribution in [0.3, 0.4) is 0 Å². The van der Waals surface area contributed by atoms with E-state index in [0.717, 1.165) is 12.0 Å². The molecule has 86 valence electrons. The molecule has 0 amide bonds. The summed E-state index contributed by atoms with van der Waals surface area (Å²) in [4.78, 5) is 0.852. The third-order valence-corrected chi connectivity index (χ3v) is 5.61. The van der Waals surface area contributed by atoms with Crippen molar-refractivity contribution in [3.8, 4) is 0 Å². The second kappa shape index (κ2) is 4.52.